The van der Waals surface area contributed by atoms with Crippen LogP contribution in [0.3, 0.4) is 0 Å². The minimum absolute atomic E-state index is 0.162. The fraction of sp³-hybridized carbons (Fsp3) is 0.417. The van der Waals surface area contributed by atoms with Crippen molar-refractivity contribution in [3.05, 3.63) is 54.4 Å². The molecule has 188 valence electrons. The number of anilines is 2. The summed E-state index contributed by atoms with van der Waals surface area (Å²) in [4.78, 5) is 50.7. The van der Waals surface area contributed by atoms with Crippen LogP contribution in [0.5, 0.6) is 0 Å². The largest absolute Gasteiger partial charge is 0.497 e. The summed E-state index contributed by atoms with van der Waals surface area (Å²) in [6.07, 6.45) is -2.59. The van der Waals surface area contributed by atoms with Crippen molar-refractivity contribution in [1.29, 1.82) is 0 Å². The fourth-order valence-electron chi connectivity index (χ4n) is 4.17. The van der Waals surface area contributed by atoms with Crippen molar-refractivity contribution < 1.29 is 37.0 Å². The van der Waals surface area contributed by atoms with Gasteiger partial charge in [-0.05, 0) is 61.8 Å². The lowest BCUT2D eigenvalue weighted by Gasteiger charge is -2.35. The van der Waals surface area contributed by atoms with Crippen LogP contribution in [0.2, 0.25) is 0 Å². The topological polar surface area (TPSA) is 79.8 Å². The second-order valence-corrected chi connectivity index (χ2v) is 9.01. The highest BCUT2D eigenvalue weighted by Crippen LogP contribution is 2.42. The van der Waals surface area contributed by atoms with Gasteiger partial charge in [0, 0.05) is 50.1 Å². The number of quaternary nitrogens is 1. The molecule has 0 N–H and O–H groups in total. The number of alkyl halides is 3. The number of benzene rings is 1. The van der Waals surface area contributed by atoms with Crippen molar-refractivity contribution in [1.82, 2.24) is 4.98 Å². The molecule has 0 bridgehead atoms. The highest BCUT2D eigenvalue weighted by atomic mass is 19.4. The van der Waals surface area contributed by atoms with E-state index in [1.54, 1.807) is 24.3 Å². The summed E-state index contributed by atoms with van der Waals surface area (Å²) in [5, 5.41) is 0. The van der Waals surface area contributed by atoms with E-state index in [1.165, 1.54) is 38.4 Å². The maximum absolute atomic E-state index is 13.7. The Hall–Kier alpha value is -3.47. The van der Waals surface area contributed by atoms with Crippen LogP contribution in [0.1, 0.15) is 40.2 Å². The Morgan fingerprint density at radius 3 is 2.17 bits per heavy atom. The third kappa shape index (κ3) is 4.60. The van der Waals surface area contributed by atoms with Crippen LogP contribution in [-0.4, -0.2) is 51.8 Å². The standard InChI is InChI=1S/C24H28F3N4O4/c1-6-29(16(2)3)18-7-9-19(10-8-18)30-20(32)23(4,5)31(22(30)34,35-21(33)24(25,26)27)15-17-11-13-28-14-12-17/h7-14,16H,6,15H2,1-5H3/q+1. The highest BCUT2D eigenvalue weighted by molar-refractivity contribution is 6.19. The monoisotopic (exact) mass is 493 g/mol. The summed E-state index contributed by atoms with van der Waals surface area (Å²) >= 11 is 0. The number of rotatable bonds is 7. The molecule has 1 saturated heterocycles. The number of hydrogen-bond acceptors (Lipinski definition) is 6. The Labute approximate surface area is 201 Å². The summed E-state index contributed by atoms with van der Waals surface area (Å²) in [6.45, 7) is 8.83. The fourth-order valence-corrected chi connectivity index (χ4v) is 4.17. The zero-order valence-corrected chi connectivity index (χ0v) is 20.2. The number of pyridine rings is 1. The van der Waals surface area contributed by atoms with Crippen LogP contribution >= 0.6 is 0 Å². The summed E-state index contributed by atoms with van der Waals surface area (Å²) in [6, 6.07) is 8.59. The van der Waals surface area contributed by atoms with Gasteiger partial charge in [-0.1, -0.05) is 0 Å². The van der Waals surface area contributed by atoms with Gasteiger partial charge in [0.15, 0.2) is 6.54 Å². The van der Waals surface area contributed by atoms with Gasteiger partial charge in [-0.3, -0.25) is 14.6 Å². The Kier molecular flexibility index (Phi) is 6.94. The number of hydrogen-bond donors (Lipinski definition) is 0. The van der Waals surface area contributed by atoms with Crippen molar-refractivity contribution in [2.45, 2.75) is 58.9 Å². The molecule has 1 fully saturated rings. The van der Waals surface area contributed by atoms with Crippen molar-refractivity contribution in [2.75, 3.05) is 16.3 Å². The zero-order valence-electron chi connectivity index (χ0n) is 20.2. The predicted molar refractivity (Wildman–Crippen MR) is 122 cm³/mol. The number of halogens is 3. The van der Waals surface area contributed by atoms with E-state index in [0.29, 0.717) is 5.56 Å². The lowest BCUT2D eigenvalue weighted by atomic mass is 10.0. The van der Waals surface area contributed by atoms with Crippen LogP contribution in [-0.2, 0) is 21.0 Å². The molecule has 1 aliphatic rings. The van der Waals surface area contributed by atoms with Crippen LogP contribution in [0.15, 0.2) is 48.8 Å². The predicted octanol–water partition coefficient (Wildman–Crippen LogP) is 4.60. The minimum atomic E-state index is -5.36. The average molecular weight is 494 g/mol. The maximum atomic E-state index is 13.7. The van der Waals surface area contributed by atoms with E-state index < -0.39 is 40.8 Å². The normalized spacial score (nSPS) is 19.9. The summed E-state index contributed by atoms with van der Waals surface area (Å²) in [5.41, 5.74) is -0.482. The van der Waals surface area contributed by atoms with E-state index in [-0.39, 0.29) is 11.7 Å². The van der Waals surface area contributed by atoms with Crippen LogP contribution in [0.25, 0.3) is 0 Å². The summed E-state index contributed by atoms with van der Waals surface area (Å²) in [7, 11) is 0. The van der Waals surface area contributed by atoms with Gasteiger partial charge in [0.25, 0.3) is 0 Å². The molecule has 0 radical (unpaired) electrons. The molecule has 0 aliphatic carbocycles. The molecular formula is C24H28F3N4O4+. The molecule has 3 amide bonds. The van der Waals surface area contributed by atoms with Gasteiger partial charge in [0.2, 0.25) is 5.54 Å². The van der Waals surface area contributed by atoms with E-state index in [0.717, 1.165) is 17.1 Å². The van der Waals surface area contributed by atoms with E-state index >= 15 is 0 Å². The van der Waals surface area contributed by atoms with Crippen LogP contribution < -0.4 is 9.80 Å². The van der Waals surface area contributed by atoms with E-state index in [1.807, 2.05) is 20.8 Å². The Morgan fingerprint density at radius 2 is 1.69 bits per heavy atom. The zero-order chi connectivity index (χ0) is 26.2. The number of hydroxylamine groups is 3. The van der Waals surface area contributed by atoms with E-state index in [9.17, 15) is 27.6 Å². The number of aromatic nitrogens is 1. The summed E-state index contributed by atoms with van der Waals surface area (Å²) < 4.78 is 38.1. The van der Waals surface area contributed by atoms with Crippen LogP contribution in [0, 0.1) is 0 Å². The van der Waals surface area contributed by atoms with Gasteiger partial charge in [0.05, 0.1) is 5.69 Å². The first-order valence-electron chi connectivity index (χ1n) is 11.1. The molecular weight excluding hydrogens is 465 g/mol. The average Bonchev–Trinajstić information content (AvgIpc) is 2.92. The van der Waals surface area contributed by atoms with Gasteiger partial charge in [-0.15, -0.1) is 0 Å². The number of nitrogens with zero attached hydrogens (tertiary/aromatic N) is 4. The second-order valence-electron chi connectivity index (χ2n) is 9.01. The highest BCUT2D eigenvalue weighted by Gasteiger charge is 2.71. The smallest absolute Gasteiger partial charge is 0.369 e. The molecule has 2 aromatic rings. The van der Waals surface area contributed by atoms with Gasteiger partial charge in [-0.2, -0.15) is 18.1 Å². The van der Waals surface area contributed by atoms with Gasteiger partial charge < -0.3 is 4.90 Å². The van der Waals surface area contributed by atoms with Crippen molar-refractivity contribution in [3.8, 4) is 0 Å². The number of amides is 3. The van der Waals surface area contributed by atoms with Crippen LogP contribution in [0.4, 0.5) is 29.3 Å². The Morgan fingerprint density at radius 1 is 1.11 bits per heavy atom. The molecule has 1 atom stereocenters. The SMILES string of the molecule is CCN(c1ccc(N2C(=O)C(C)(C)[N+](Cc3ccncc3)(OC(=O)C(F)(F)F)C2=O)cc1)C(C)C. The number of urea groups is 1. The Balaban J connectivity index is 2.09. The number of carbonyl (C=O) groups excluding carboxylic acids is 3. The van der Waals surface area contributed by atoms with Crippen molar-refractivity contribution in [3.63, 3.8) is 0 Å². The third-order valence-electron chi connectivity index (χ3n) is 6.16. The van der Waals surface area contributed by atoms with Gasteiger partial charge in [0.1, 0.15) is 0 Å². The molecule has 1 aliphatic heterocycles. The maximum Gasteiger partial charge on any atom is 0.497 e. The van der Waals surface area contributed by atoms with Crippen molar-refractivity contribution >= 4 is 29.3 Å². The molecule has 1 unspecified atom stereocenters. The number of imide groups is 1. The Bertz CT molecular complexity index is 1100. The molecule has 0 saturated carbocycles. The third-order valence-corrected chi connectivity index (χ3v) is 6.16. The lowest BCUT2D eigenvalue weighted by molar-refractivity contribution is -1.06. The second kappa shape index (κ2) is 9.29. The first-order valence-corrected chi connectivity index (χ1v) is 11.1. The minimum Gasteiger partial charge on any atom is -0.369 e. The van der Waals surface area contributed by atoms with E-state index in [4.69, 9.17) is 4.84 Å². The molecule has 35 heavy (non-hydrogen) atoms. The lowest BCUT2D eigenvalue weighted by Crippen LogP contribution is -2.62. The molecule has 1 aromatic heterocycles. The van der Waals surface area contributed by atoms with E-state index in [2.05, 4.69) is 9.88 Å². The first-order chi connectivity index (χ1) is 16.3. The molecule has 11 heteroatoms. The molecule has 2 heterocycles. The molecule has 0 spiro atoms. The molecule has 1 aromatic carbocycles. The molecule has 3 rings (SSSR count). The summed E-state index contributed by atoms with van der Waals surface area (Å²) in [5.74, 6) is -3.36. The quantitative estimate of drug-likeness (QED) is 0.414. The van der Waals surface area contributed by atoms with Crippen molar-refractivity contribution in [2.24, 2.45) is 0 Å². The first kappa shape index (κ1) is 26.1. The van der Waals surface area contributed by atoms with Gasteiger partial charge >= 0.3 is 24.1 Å². The number of carbonyl (C=O) groups is 3. The molecule has 8 nitrogen and oxygen atoms in total. The van der Waals surface area contributed by atoms with Gasteiger partial charge in [-0.25, -0.2) is 9.59 Å².